The maximum atomic E-state index is 12.7. The number of carbonyl (C=O) groups excluding carboxylic acids is 1. The Hall–Kier alpha value is -2.15. The summed E-state index contributed by atoms with van der Waals surface area (Å²) in [6.45, 7) is 6.39. The van der Waals surface area contributed by atoms with E-state index in [2.05, 4.69) is 10.1 Å². The fourth-order valence-corrected chi connectivity index (χ4v) is 2.54. The maximum absolute atomic E-state index is 12.7. The van der Waals surface area contributed by atoms with Gasteiger partial charge in [-0.2, -0.15) is 4.98 Å². The number of hydrogen-bond donors (Lipinski definition) is 0. The van der Waals surface area contributed by atoms with Crippen molar-refractivity contribution in [3.05, 3.63) is 35.4 Å². The van der Waals surface area contributed by atoms with Crippen LogP contribution >= 0.6 is 0 Å². The van der Waals surface area contributed by atoms with Gasteiger partial charge in [-0.15, -0.1) is 0 Å². The third kappa shape index (κ3) is 2.56. The van der Waals surface area contributed by atoms with E-state index in [1.807, 2.05) is 6.92 Å². The van der Waals surface area contributed by atoms with Gasteiger partial charge in [0.1, 0.15) is 18.1 Å². The van der Waals surface area contributed by atoms with E-state index in [1.165, 1.54) is 6.26 Å². The first kappa shape index (κ1) is 13.8. The standard InChI is InChI=1S/C14H17N3O4/c1-8-6-11(7-20-8)14(18)17-4-5-19-9(2)12(17)13-15-10(3)16-21-13/h6-7,9,12H,4-5H2,1-3H3/t9-,12+/m1/s1. The molecule has 0 N–H and O–H groups in total. The average Bonchev–Trinajstić information content (AvgIpc) is 3.06. The molecule has 3 heterocycles. The number of rotatable bonds is 2. The number of amides is 1. The van der Waals surface area contributed by atoms with Crippen LogP contribution in [0.5, 0.6) is 0 Å². The van der Waals surface area contributed by atoms with Gasteiger partial charge in [-0.3, -0.25) is 4.79 Å². The quantitative estimate of drug-likeness (QED) is 0.840. The molecule has 0 spiro atoms. The first-order valence-electron chi connectivity index (χ1n) is 6.84. The lowest BCUT2D eigenvalue weighted by Crippen LogP contribution is -2.47. The molecule has 2 aromatic rings. The normalized spacial score (nSPS) is 22.5. The molecule has 0 bridgehead atoms. The molecular formula is C14H17N3O4. The number of carbonyl (C=O) groups is 1. The van der Waals surface area contributed by atoms with E-state index in [0.717, 1.165) is 0 Å². The van der Waals surface area contributed by atoms with Crippen molar-refractivity contribution in [1.82, 2.24) is 15.0 Å². The molecule has 0 radical (unpaired) electrons. The zero-order valence-electron chi connectivity index (χ0n) is 12.2. The second-order valence-corrected chi connectivity index (χ2v) is 5.15. The second-order valence-electron chi connectivity index (χ2n) is 5.15. The highest BCUT2D eigenvalue weighted by Crippen LogP contribution is 2.30. The summed E-state index contributed by atoms with van der Waals surface area (Å²) in [5, 5.41) is 3.80. The monoisotopic (exact) mass is 291 g/mol. The maximum Gasteiger partial charge on any atom is 0.257 e. The molecular weight excluding hydrogens is 274 g/mol. The van der Waals surface area contributed by atoms with Gasteiger partial charge in [0.25, 0.3) is 11.8 Å². The molecule has 3 rings (SSSR count). The summed E-state index contributed by atoms with van der Waals surface area (Å²) >= 11 is 0. The topological polar surface area (TPSA) is 81.6 Å². The molecule has 1 saturated heterocycles. The third-order valence-electron chi connectivity index (χ3n) is 3.53. The molecule has 1 fully saturated rings. The van der Waals surface area contributed by atoms with Crippen LogP contribution in [-0.2, 0) is 4.74 Å². The van der Waals surface area contributed by atoms with E-state index in [9.17, 15) is 4.79 Å². The van der Waals surface area contributed by atoms with Crippen molar-refractivity contribution in [2.24, 2.45) is 0 Å². The predicted octanol–water partition coefficient (Wildman–Crippen LogP) is 1.88. The van der Waals surface area contributed by atoms with E-state index in [4.69, 9.17) is 13.7 Å². The zero-order valence-corrected chi connectivity index (χ0v) is 12.2. The summed E-state index contributed by atoms with van der Waals surface area (Å²) < 4.78 is 16.1. The molecule has 7 nitrogen and oxygen atoms in total. The Morgan fingerprint density at radius 2 is 2.24 bits per heavy atom. The molecule has 1 aliphatic heterocycles. The van der Waals surface area contributed by atoms with Crippen molar-refractivity contribution in [2.45, 2.75) is 32.9 Å². The van der Waals surface area contributed by atoms with E-state index >= 15 is 0 Å². The van der Waals surface area contributed by atoms with Gasteiger partial charge in [-0.25, -0.2) is 0 Å². The average molecular weight is 291 g/mol. The third-order valence-corrected chi connectivity index (χ3v) is 3.53. The highest BCUT2D eigenvalue weighted by Gasteiger charge is 2.38. The van der Waals surface area contributed by atoms with Crippen molar-refractivity contribution in [2.75, 3.05) is 13.2 Å². The lowest BCUT2D eigenvalue weighted by Gasteiger charge is -2.37. The van der Waals surface area contributed by atoms with Gasteiger partial charge in [0.2, 0.25) is 0 Å². The van der Waals surface area contributed by atoms with Gasteiger partial charge in [0, 0.05) is 6.54 Å². The van der Waals surface area contributed by atoms with Gasteiger partial charge in [-0.05, 0) is 26.8 Å². The SMILES string of the molecule is Cc1noc([C@@H]2[C@@H](C)OCCN2C(=O)c2coc(C)c2)n1. The van der Waals surface area contributed by atoms with E-state index in [-0.39, 0.29) is 18.1 Å². The van der Waals surface area contributed by atoms with Crippen LogP contribution in [0, 0.1) is 13.8 Å². The van der Waals surface area contributed by atoms with Crippen molar-refractivity contribution >= 4 is 5.91 Å². The van der Waals surface area contributed by atoms with Crippen LogP contribution in [0.1, 0.15) is 40.8 Å². The molecule has 1 amide bonds. The molecule has 7 heteroatoms. The number of ether oxygens (including phenoxy) is 1. The Labute approximate surface area is 121 Å². The molecule has 2 aromatic heterocycles. The first-order valence-corrected chi connectivity index (χ1v) is 6.84. The second kappa shape index (κ2) is 5.33. The molecule has 0 aromatic carbocycles. The molecule has 0 saturated carbocycles. The minimum absolute atomic E-state index is 0.122. The van der Waals surface area contributed by atoms with Gasteiger partial charge in [0.15, 0.2) is 5.82 Å². The highest BCUT2D eigenvalue weighted by atomic mass is 16.5. The molecule has 0 unspecified atom stereocenters. The van der Waals surface area contributed by atoms with E-state index < -0.39 is 0 Å². The predicted molar refractivity (Wildman–Crippen MR) is 71.7 cm³/mol. The molecule has 2 atom stereocenters. The lowest BCUT2D eigenvalue weighted by molar-refractivity contribution is -0.0600. The number of aromatic nitrogens is 2. The zero-order chi connectivity index (χ0) is 15.0. The first-order chi connectivity index (χ1) is 10.1. The number of morpholine rings is 1. The minimum atomic E-state index is -0.386. The van der Waals surface area contributed by atoms with Gasteiger partial charge < -0.3 is 18.6 Å². The largest absolute Gasteiger partial charge is 0.469 e. The molecule has 112 valence electrons. The summed E-state index contributed by atoms with van der Waals surface area (Å²) in [5.74, 6) is 1.51. The number of nitrogens with zero attached hydrogens (tertiary/aromatic N) is 3. The molecule has 21 heavy (non-hydrogen) atoms. The van der Waals surface area contributed by atoms with Crippen molar-refractivity contribution < 1.29 is 18.5 Å². The Morgan fingerprint density at radius 3 is 2.86 bits per heavy atom. The van der Waals surface area contributed by atoms with E-state index in [1.54, 1.807) is 24.8 Å². The van der Waals surface area contributed by atoms with Crippen LogP contribution in [0.15, 0.2) is 21.3 Å². The Kier molecular flexibility index (Phi) is 3.50. The van der Waals surface area contributed by atoms with Gasteiger partial charge >= 0.3 is 0 Å². The fourth-order valence-electron chi connectivity index (χ4n) is 2.54. The summed E-state index contributed by atoms with van der Waals surface area (Å²) in [7, 11) is 0. The summed E-state index contributed by atoms with van der Waals surface area (Å²) in [5.41, 5.74) is 0.517. The van der Waals surface area contributed by atoms with Crippen LogP contribution < -0.4 is 0 Å². The van der Waals surface area contributed by atoms with Crippen molar-refractivity contribution in [1.29, 1.82) is 0 Å². The van der Waals surface area contributed by atoms with Crippen LogP contribution in [0.25, 0.3) is 0 Å². The summed E-state index contributed by atoms with van der Waals surface area (Å²) in [6, 6.07) is 1.33. The fraction of sp³-hybridized carbons (Fsp3) is 0.500. The van der Waals surface area contributed by atoms with E-state index in [0.29, 0.717) is 36.2 Å². The van der Waals surface area contributed by atoms with Crippen LogP contribution in [0.2, 0.25) is 0 Å². The van der Waals surface area contributed by atoms with Crippen molar-refractivity contribution in [3.8, 4) is 0 Å². The van der Waals surface area contributed by atoms with Crippen LogP contribution in [-0.4, -0.2) is 40.2 Å². The highest BCUT2D eigenvalue weighted by molar-refractivity contribution is 5.94. The smallest absolute Gasteiger partial charge is 0.257 e. The van der Waals surface area contributed by atoms with Crippen LogP contribution in [0.4, 0.5) is 0 Å². The van der Waals surface area contributed by atoms with Crippen molar-refractivity contribution in [3.63, 3.8) is 0 Å². The Balaban J connectivity index is 1.92. The summed E-state index contributed by atoms with van der Waals surface area (Å²) in [6.07, 6.45) is 1.25. The lowest BCUT2D eigenvalue weighted by atomic mass is 10.1. The number of hydrogen-bond acceptors (Lipinski definition) is 6. The molecule has 1 aliphatic rings. The van der Waals surface area contributed by atoms with Gasteiger partial charge in [0.05, 0.1) is 18.3 Å². The Morgan fingerprint density at radius 1 is 1.43 bits per heavy atom. The minimum Gasteiger partial charge on any atom is -0.469 e. The Bertz CT molecular complexity index is 648. The van der Waals surface area contributed by atoms with Gasteiger partial charge in [-0.1, -0.05) is 5.16 Å². The summed E-state index contributed by atoms with van der Waals surface area (Å²) in [4.78, 5) is 18.6. The number of aryl methyl sites for hydroxylation is 2. The number of furan rings is 1. The van der Waals surface area contributed by atoms with Crippen LogP contribution in [0.3, 0.4) is 0 Å². The molecule has 0 aliphatic carbocycles.